The monoisotopic (exact) mass is 792 g/mol. The molecule has 8 heterocycles. The molecule has 10 rings (SSSR count). The average Bonchev–Trinajstić information content (AvgIpc) is 3.88. The summed E-state index contributed by atoms with van der Waals surface area (Å²) in [4.78, 5) is 43.0. The van der Waals surface area contributed by atoms with Crippen LogP contribution in [0.2, 0.25) is 0 Å². The molecule has 14 nitrogen and oxygen atoms in total. The lowest BCUT2D eigenvalue weighted by Crippen LogP contribution is -2.68. The van der Waals surface area contributed by atoms with Crippen molar-refractivity contribution in [3.05, 3.63) is 78.0 Å². The number of carbonyl (C=O) groups is 1. The van der Waals surface area contributed by atoms with Crippen molar-refractivity contribution >= 4 is 45.6 Å². The van der Waals surface area contributed by atoms with Crippen molar-refractivity contribution in [2.45, 2.75) is 69.9 Å². The van der Waals surface area contributed by atoms with Crippen molar-refractivity contribution < 1.29 is 23.1 Å². The lowest BCUT2D eigenvalue weighted by Gasteiger charge is -2.55. The van der Waals surface area contributed by atoms with Crippen molar-refractivity contribution in [1.29, 1.82) is 0 Å². The summed E-state index contributed by atoms with van der Waals surface area (Å²) in [7, 11) is 2.09. The number of aliphatic hydroxyl groups is 1. The molecule has 17 heteroatoms. The Morgan fingerprint density at radius 2 is 1.74 bits per heavy atom. The number of amides is 1. The van der Waals surface area contributed by atoms with Crippen LogP contribution in [0, 0.1) is 24.4 Å². The first kappa shape index (κ1) is 36.5. The molecule has 0 saturated carbocycles. The van der Waals surface area contributed by atoms with Crippen molar-refractivity contribution in [3.63, 3.8) is 0 Å². The van der Waals surface area contributed by atoms with Crippen LogP contribution < -0.4 is 15.1 Å². The Hall–Kier alpha value is -5.81. The normalized spacial score (nSPS) is 23.6. The molecule has 0 spiro atoms. The van der Waals surface area contributed by atoms with E-state index in [0.717, 1.165) is 25.6 Å². The maximum Gasteiger partial charge on any atom is 0.245 e. The number of fused-ring (bicyclic) bond motifs is 8. The third-order valence-electron chi connectivity index (χ3n) is 12.0. The number of imidazole rings is 1. The van der Waals surface area contributed by atoms with Crippen LogP contribution in [0.15, 0.2) is 54.7 Å². The summed E-state index contributed by atoms with van der Waals surface area (Å²) in [6.07, 6.45) is 2.60. The Balaban J connectivity index is 1.11. The van der Waals surface area contributed by atoms with Crippen molar-refractivity contribution in [2.24, 2.45) is 0 Å². The predicted octanol–water partition coefficient (Wildman–Crippen LogP) is 4.52. The van der Waals surface area contributed by atoms with Crippen LogP contribution in [0.25, 0.3) is 39.0 Å². The zero-order valence-electron chi connectivity index (χ0n) is 32.4. The molecular formula is C41H43F3N12O2. The number of pyridine rings is 1. The highest BCUT2D eigenvalue weighted by Gasteiger charge is 2.47. The van der Waals surface area contributed by atoms with Crippen LogP contribution in [0.3, 0.4) is 0 Å². The van der Waals surface area contributed by atoms with Crippen LogP contribution in [0.5, 0.6) is 0 Å². The average molecular weight is 793 g/mol. The van der Waals surface area contributed by atoms with Crippen LogP contribution in [-0.4, -0.2) is 125 Å². The number of rotatable bonds is 5. The molecule has 0 aliphatic carbocycles. The van der Waals surface area contributed by atoms with Gasteiger partial charge in [-0.1, -0.05) is 13.0 Å². The number of piperidine rings is 1. The summed E-state index contributed by atoms with van der Waals surface area (Å²) in [5, 5.41) is 20.4. The fourth-order valence-electron chi connectivity index (χ4n) is 9.54. The number of aromatic nitrogens is 7. The maximum absolute atomic E-state index is 15.4. The molecule has 3 saturated heterocycles. The van der Waals surface area contributed by atoms with Crippen molar-refractivity contribution in [2.75, 3.05) is 54.9 Å². The fourth-order valence-corrected chi connectivity index (χ4v) is 9.54. The number of likely N-dealkylation sites (tertiary alicyclic amines) is 1. The molecule has 4 aliphatic heterocycles. The van der Waals surface area contributed by atoms with Gasteiger partial charge in [-0.15, -0.1) is 0 Å². The number of β-amino-alcohol motifs (C(OH)–C–C–N with tert-alkyl or cyclic N) is 1. The predicted molar refractivity (Wildman–Crippen MR) is 212 cm³/mol. The largest absolute Gasteiger partial charge is 0.389 e. The van der Waals surface area contributed by atoms with Gasteiger partial charge in [-0.2, -0.15) is 15.1 Å². The molecule has 6 aromatic rings. The van der Waals surface area contributed by atoms with Crippen molar-refractivity contribution in [3.8, 4) is 16.9 Å². The Morgan fingerprint density at radius 3 is 2.53 bits per heavy atom. The smallest absolute Gasteiger partial charge is 0.245 e. The second kappa shape index (κ2) is 13.9. The second-order valence-corrected chi connectivity index (χ2v) is 16.1. The van der Waals surface area contributed by atoms with Crippen LogP contribution >= 0.6 is 0 Å². The van der Waals surface area contributed by atoms with Crippen molar-refractivity contribution in [1.82, 2.24) is 44.1 Å². The molecule has 58 heavy (non-hydrogen) atoms. The van der Waals surface area contributed by atoms with Gasteiger partial charge in [0.1, 0.15) is 40.8 Å². The summed E-state index contributed by atoms with van der Waals surface area (Å²) in [5.41, 5.74) is 2.55. The lowest BCUT2D eigenvalue weighted by atomic mass is 9.88. The van der Waals surface area contributed by atoms with Crippen LogP contribution in [-0.2, 0) is 11.3 Å². The molecule has 300 valence electrons. The van der Waals surface area contributed by atoms with E-state index in [0.29, 0.717) is 82.7 Å². The number of anilines is 3. The zero-order chi connectivity index (χ0) is 40.0. The minimum absolute atomic E-state index is 0.0338. The van der Waals surface area contributed by atoms with E-state index in [4.69, 9.17) is 15.0 Å². The number of nitrogens with zero attached hydrogens (tertiary/aromatic N) is 11. The lowest BCUT2D eigenvalue weighted by molar-refractivity contribution is -0.134. The molecule has 4 aliphatic rings. The fraction of sp³-hybridized carbons (Fsp3) is 0.415. The number of halogens is 3. The highest BCUT2D eigenvalue weighted by atomic mass is 19.1. The number of likely N-dealkylation sites (N-methyl/N-ethyl adjacent to an activating group) is 1. The summed E-state index contributed by atoms with van der Waals surface area (Å²) < 4.78 is 47.8. The van der Waals surface area contributed by atoms with E-state index >= 15 is 13.6 Å². The van der Waals surface area contributed by atoms with Gasteiger partial charge < -0.3 is 34.6 Å². The third kappa shape index (κ3) is 6.09. The first-order valence-corrected chi connectivity index (χ1v) is 19.8. The number of carbonyl (C=O) groups excluding carboxylic acids is 1. The van der Waals surface area contributed by atoms with Gasteiger partial charge >= 0.3 is 0 Å². The number of aliphatic hydroxyl groups excluding tert-OH is 1. The molecule has 1 amide bonds. The standard InChI is InChI=1S/C41H43F3N12O2/c1-4-10-52-20-28(57)21-53-22(2)46-33-13-24(43)11-29(37(33)53)32-6-5-7-36(48-32)47-25-14-35(40(52)58)54(17-25)38-30-16-45-56(34-9-8-23(42)12-31(34)44)39(30)50-41(49-38)55-26-15-27(55)19-51(3)18-26/h5-9,11-13,16,25-28,35,57H,4,10,14-15,17-21H2,1-3H3,(H,47,48)/t25?,26?,27?,28-,35+/m1/s1. The Morgan fingerprint density at radius 1 is 0.914 bits per heavy atom. The summed E-state index contributed by atoms with van der Waals surface area (Å²) in [6, 6.07) is 11.0. The van der Waals surface area contributed by atoms with E-state index in [9.17, 15) is 9.50 Å². The summed E-state index contributed by atoms with van der Waals surface area (Å²) in [6.45, 7) is 6.36. The molecular weight excluding hydrogens is 750 g/mol. The van der Waals surface area contributed by atoms with E-state index in [2.05, 4.69) is 32.2 Å². The van der Waals surface area contributed by atoms with Gasteiger partial charge in [0.2, 0.25) is 11.9 Å². The highest BCUT2D eigenvalue weighted by molar-refractivity contribution is 5.94. The van der Waals surface area contributed by atoms with Gasteiger partial charge in [0.15, 0.2) is 11.5 Å². The zero-order valence-corrected chi connectivity index (χ0v) is 32.4. The second-order valence-electron chi connectivity index (χ2n) is 16.1. The van der Waals surface area contributed by atoms with Gasteiger partial charge in [-0.3, -0.25) is 4.79 Å². The first-order chi connectivity index (χ1) is 28.0. The highest BCUT2D eigenvalue weighted by Crippen LogP contribution is 2.40. The number of nitrogens with one attached hydrogen (secondary N) is 1. The molecule has 6 bridgehead atoms. The van der Waals surface area contributed by atoms with E-state index in [1.54, 1.807) is 11.1 Å². The Labute approximate surface area is 331 Å². The van der Waals surface area contributed by atoms with Gasteiger partial charge in [0.25, 0.3) is 0 Å². The van der Waals surface area contributed by atoms with E-state index in [-0.39, 0.29) is 42.8 Å². The molecule has 3 unspecified atom stereocenters. The number of hydrogen-bond acceptors (Lipinski definition) is 11. The quantitative estimate of drug-likeness (QED) is 0.255. The van der Waals surface area contributed by atoms with E-state index < -0.39 is 29.6 Å². The molecule has 4 aromatic heterocycles. The molecule has 2 aromatic carbocycles. The number of piperazine rings is 1. The number of hydrogen-bond donors (Lipinski definition) is 2. The summed E-state index contributed by atoms with van der Waals surface area (Å²) in [5.74, 6) is -0.0620. The molecule has 2 N–H and O–H groups in total. The van der Waals surface area contributed by atoms with Gasteiger partial charge in [0.05, 0.1) is 41.0 Å². The topological polar surface area (TPSA) is 137 Å². The maximum atomic E-state index is 15.4. The minimum atomic E-state index is -0.983. The third-order valence-corrected chi connectivity index (χ3v) is 12.0. The summed E-state index contributed by atoms with van der Waals surface area (Å²) >= 11 is 0. The van der Waals surface area contributed by atoms with E-state index in [1.165, 1.54) is 28.9 Å². The molecule has 5 atom stereocenters. The minimum Gasteiger partial charge on any atom is -0.389 e. The SMILES string of the molecule is CCCN1C[C@@H](O)Cn2c(C)nc3cc(F)cc(c32)-c2cccc(n2)NC2C[C@@H](C1=O)N(c1nc(N3C4CC3CN(C)C4)nc3c1cnn3-c1ccc(F)cc1F)C2. The molecule has 3 fully saturated rings. The van der Waals surface area contributed by atoms with Gasteiger partial charge in [0, 0.05) is 68.5 Å². The van der Waals surface area contributed by atoms with Gasteiger partial charge in [-0.25, -0.2) is 27.8 Å². The number of benzene rings is 2. The van der Waals surface area contributed by atoms with Crippen LogP contribution in [0.1, 0.15) is 32.0 Å². The van der Waals surface area contributed by atoms with Gasteiger partial charge in [-0.05, 0) is 63.6 Å². The van der Waals surface area contributed by atoms with E-state index in [1.807, 2.05) is 41.5 Å². The van der Waals surface area contributed by atoms with Crippen LogP contribution in [0.4, 0.5) is 30.8 Å². The first-order valence-electron chi connectivity index (χ1n) is 19.8. The number of aryl methyl sites for hydroxylation is 1. The Bertz CT molecular complexity index is 2580. The molecule has 0 radical (unpaired) electrons. The Kier molecular flexibility index (Phi) is 8.78.